The average Bonchev–Trinajstić information content (AvgIpc) is 2.76. The number of carbonyl (C=O) groups is 1. The Morgan fingerprint density at radius 1 is 1.46 bits per heavy atom. The van der Waals surface area contributed by atoms with Gasteiger partial charge in [0.2, 0.25) is 0 Å². The Bertz CT molecular complexity index is 289. The Labute approximate surface area is 82.2 Å². The van der Waals surface area contributed by atoms with Crippen molar-refractivity contribution < 1.29 is 4.79 Å². The standard InChI is InChI=1S/C10H13NOS/c12-8-10-9(3-6-13-10)7-11-4-1-2-5-11/h3,6,8H,1-2,4-5,7H2. The molecule has 1 saturated heterocycles. The summed E-state index contributed by atoms with van der Waals surface area (Å²) in [5.41, 5.74) is 1.20. The van der Waals surface area contributed by atoms with E-state index in [2.05, 4.69) is 11.0 Å². The second kappa shape index (κ2) is 4.03. The van der Waals surface area contributed by atoms with Crippen LogP contribution in [0.3, 0.4) is 0 Å². The van der Waals surface area contributed by atoms with Gasteiger partial charge >= 0.3 is 0 Å². The van der Waals surface area contributed by atoms with Gasteiger partial charge < -0.3 is 0 Å². The van der Waals surface area contributed by atoms with Crippen LogP contribution in [-0.4, -0.2) is 24.3 Å². The predicted octanol–water partition coefficient (Wildman–Crippen LogP) is 2.16. The second-order valence-electron chi connectivity index (χ2n) is 3.41. The highest BCUT2D eigenvalue weighted by Crippen LogP contribution is 2.18. The van der Waals surface area contributed by atoms with Crippen molar-refractivity contribution in [2.75, 3.05) is 13.1 Å². The Morgan fingerprint density at radius 3 is 2.92 bits per heavy atom. The smallest absolute Gasteiger partial charge is 0.160 e. The van der Waals surface area contributed by atoms with Gasteiger partial charge in [-0.1, -0.05) is 0 Å². The Hall–Kier alpha value is -0.670. The summed E-state index contributed by atoms with van der Waals surface area (Å²) < 4.78 is 0. The van der Waals surface area contributed by atoms with Gasteiger partial charge in [-0.3, -0.25) is 9.69 Å². The number of carbonyl (C=O) groups excluding carboxylic acids is 1. The summed E-state index contributed by atoms with van der Waals surface area (Å²) in [7, 11) is 0. The lowest BCUT2D eigenvalue weighted by molar-refractivity contribution is 0.112. The molecule has 0 atom stereocenters. The van der Waals surface area contributed by atoms with E-state index in [1.807, 2.05) is 5.38 Å². The number of aldehydes is 1. The normalized spacial score (nSPS) is 17.8. The molecular formula is C10H13NOS. The van der Waals surface area contributed by atoms with E-state index in [-0.39, 0.29) is 0 Å². The predicted molar refractivity (Wildman–Crippen MR) is 54.2 cm³/mol. The number of hydrogen-bond acceptors (Lipinski definition) is 3. The molecule has 2 nitrogen and oxygen atoms in total. The molecule has 3 heteroatoms. The van der Waals surface area contributed by atoms with E-state index in [1.54, 1.807) is 0 Å². The maximum absolute atomic E-state index is 10.7. The minimum atomic E-state index is 0.895. The van der Waals surface area contributed by atoms with E-state index in [4.69, 9.17) is 0 Å². The average molecular weight is 195 g/mol. The van der Waals surface area contributed by atoms with Crippen LogP contribution in [0.5, 0.6) is 0 Å². The van der Waals surface area contributed by atoms with Crippen LogP contribution in [-0.2, 0) is 6.54 Å². The largest absolute Gasteiger partial charge is 0.299 e. The monoisotopic (exact) mass is 195 g/mol. The van der Waals surface area contributed by atoms with E-state index < -0.39 is 0 Å². The Kier molecular flexibility index (Phi) is 2.76. The highest BCUT2D eigenvalue weighted by Gasteiger charge is 2.13. The minimum Gasteiger partial charge on any atom is -0.299 e. The molecule has 1 aromatic heterocycles. The van der Waals surface area contributed by atoms with Gasteiger partial charge in [0.05, 0.1) is 4.88 Å². The first-order valence-electron chi connectivity index (χ1n) is 4.64. The molecule has 1 fully saturated rings. The van der Waals surface area contributed by atoms with Crippen molar-refractivity contribution in [2.24, 2.45) is 0 Å². The van der Waals surface area contributed by atoms with E-state index in [9.17, 15) is 4.79 Å². The topological polar surface area (TPSA) is 20.3 Å². The molecule has 1 aliphatic heterocycles. The third-order valence-corrected chi connectivity index (χ3v) is 3.36. The lowest BCUT2D eigenvalue weighted by atomic mass is 10.2. The van der Waals surface area contributed by atoms with Crippen LogP contribution in [0.15, 0.2) is 11.4 Å². The van der Waals surface area contributed by atoms with E-state index in [0.717, 1.165) is 17.7 Å². The molecule has 70 valence electrons. The summed E-state index contributed by atoms with van der Waals surface area (Å²) in [6.07, 6.45) is 3.58. The van der Waals surface area contributed by atoms with Crippen molar-refractivity contribution >= 4 is 17.6 Å². The highest BCUT2D eigenvalue weighted by molar-refractivity contribution is 7.11. The maximum atomic E-state index is 10.7. The maximum Gasteiger partial charge on any atom is 0.160 e. The molecule has 0 bridgehead atoms. The van der Waals surface area contributed by atoms with Gasteiger partial charge in [0, 0.05) is 6.54 Å². The summed E-state index contributed by atoms with van der Waals surface area (Å²) in [6, 6.07) is 2.06. The van der Waals surface area contributed by atoms with Gasteiger partial charge in [0.25, 0.3) is 0 Å². The molecule has 0 N–H and O–H groups in total. The number of hydrogen-bond donors (Lipinski definition) is 0. The molecule has 0 aromatic carbocycles. The molecule has 0 amide bonds. The van der Waals surface area contributed by atoms with Crippen molar-refractivity contribution in [3.63, 3.8) is 0 Å². The fourth-order valence-electron chi connectivity index (χ4n) is 1.76. The molecule has 2 heterocycles. The minimum absolute atomic E-state index is 0.895. The first-order valence-corrected chi connectivity index (χ1v) is 5.52. The van der Waals surface area contributed by atoms with Crippen LogP contribution in [0.1, 0.15) is 28.1 Å². The fourth-order valence-corrected chi connectivity index (χ4v) is 2.48. The number of nitrogens with zero attached hydrogens (tertiary/aromatic N) is 1. The van der Waals surface area contributed by atoms with Gasteiger partial charge in [0.15, 0.2) is 6.29 Å². The van der Waals surface area contributed by atoms with Gasteiger partial charge in [-0.2, -0.15) is 0 Å². The molecule has 2 rings (SSSR count). The Morgan fingerprint density at radius 2 is 2.23 bits per heavy atom. The third kappa shape index (κ3) is 1.98. The number of thiophene rings is 1. The lowest BCUT2D eigenvalue weighted by Gasteiger charge is -2.13. The summed E-state index contributed by atoms with van der Waals surface area (Å²) in [6.45, 7) is 3.33. The second-order valence-corrected chi connectivity index (χ2v) is 4.36. The van der Waals surface area contributed by atoms with Crippen LogP contribution in [0.4, 0.5) is 0 Å². The van der Waals surface area contributed by atoms with Gasteiger partial charge in [-0.05, 0) is 42.9 Å². The van der Waals surface area contributed by atoms with Crippen molar-refractivity contribution in [1.82, 2.24) is 4.90 Å². The molecule has 0 aliphatic carbocycles. The fraction of sp³-hybridized carbons (Fsp3) is 0.500. The first kappa shape index (κ1) is 8.91. The first-order chi connectivity index (χ1) is 6.40. The lowest BCUT2D eigenvalue weighted by Crippen LogP contribution is -2.18. The molecule has 0 radical (unpaired) electrons. The van der Waals surface area contributed by atoms with Crippen LogP contribution in [0.25, 0.3) is 0 Å². The van der Waals surface area contributed by atoms with Gasteiger partial charge in [0.1, 0.15) is 0 Å². The van der Waals surface area contributed by atoms with E-state index >= 15 is 0 Å². The third-order valence-electron chi connectivity index (χ3n) is 2.48. The molecule has 1 aliphatic rings. The van der Waals surface area contributed by atoms with Crippen molar-refractivity contribution in [3.8, 4) is 0 Å². The molecule has 0 spiro atoms. The van der Waals surface area contributed by atoms with Crippen LogP contribution < -0.4 is 0 Å². The zero-order valence-corrected chi connectivity index (χ0v) is 8.35. The van der Waals surface area contributed by atoms with Crippen LogP contribution >= 0.6 is 11.3 Å². The van der Waals surface area contributed by atoms with Gasteiger partial charge in [-0.15, -0.1) is 11.3 Å². The molecule has 13 heavy (non-hydrogen) atoms. The Balaban J connectivity index is 2.03. The highest BCUT2D eigenvalue weighted by atomic mass is 32.1. The van der Waals surface area contributed by atoms with Crippen molar-refractivity contribution in [2.45, 2.75) is 19.4 Å². The van der Waals surface area contributed by atoms with Crippen molar-refractivity contribution in [3.05, 3.63) is 21.9 Å². The molecular weight excluding hydrogens is 182 g/mol. The quantitative estimate of drug-likeness (QED) is 0.689. The zero-order chi connectivity index (χ0) is 9.10. The molecule has 0 saturated carbocycles. The van der Waals surface area contributed by atoms with E-state index in [1.165, 1.54) is 42.8 Å². The van der Waals surface area contributed by atoms with E-state index in [0.29, 0.717) is 0 Å². The zero-order valence-electron chi connectivity index (χ0n) is 7.53. The molecule has 0 unspecified atom stereocenters. The van der Waals surface area contributed by atoms with Crippen LogP contribution in [0.2, 0.25) is 0 Å². The number of likely N-dealkylation sites (tertiary alicyclic amines) is 1. The molecule has 1 aromatic rings. The summed E-state index contributed by atoms with van der Waals surface area (Å²) in [5.74, 6) is 0. The van der Waals surface area contributed by atoms with Gasteiger partial charge in [-0.25, -0.2) is 0 Å². The summed E-state index contributed by atoms with van der Waals surface area (Å²) >= 11 is 1.54. The van der Waals surface area contributed by atoms with Crippen molar-refractivity contribution in [1.29, 1.82) is 0 Å². The number of rotatable bonds is 3. The summed E-state index contributed by atoms with van der Waals surface area (Å²) in [4.78, 5) is 14.0. The SMILES string of the molecule is O=Cc1sccc1CN1CCCC1. The summed E-state index contributed by atoms with van der Waals surface area (Å²) in [5, 5.41) is 2.00. The van der Waals surface area contributed by atoms with Crippen LogP contribution in [0, 0.1) is 0 Å².